The summed E-state index contributed by atoms with van der Waals surface area (Å²) in [5, 5.41) is 0. The van der Waals surface area contributed by atoms with Crippen LogP contribution in [0, 0.1) is 0 Å². The zero-order valence-electron chi connectivity index (χ0n) is 18.7. The Morgan fingerprint density at radius 1 is 0.812 bits per heavy atom. The van der Waals surface area contributed by atoms with Gasteiger partial charge in [0.25, 0.3) is 0 Å². The first-order chi connectivity index (χ1) is 15.7. The fourth-order valence-electron chi connectivity index (χ4n) is 4.29. The van der Waals surface area contributed by atoms with Crippen molar-refractivity contribution in [2.45, 2.75) is 0 Å². The normalized spacial score (nSPS) is 14.1. The maximum absolute atomic E-state index is 5.44. The molecule has 7 heteroatoms. The van der Waals surface area contributed by atoms with Crippen molar-refractivity contribution in [3.63, 3.8) is 0 Å². The molecule has 0 saturated carbocycles. The van der Waals surface area contributed by atoms with Crippen molar-refractivity contribution in [3.05, 3.63) is 60.9 Å². The summed E-state index contributed by atoms with van der Waals surface area (Å²) >= 11 is 0. The molecule has 1 aliphatic rings. The monoisotopic (exact) mass is 429 g/mol. The topological polar surface area (TPSA) is 55.6 Å². The van der Waals surface area contributed by atoms with Gasteiger partial charge < -0.3 is 23.8 Å². The summed E-state index contributed by atoms with van der Waals surface area (Å²) in [6.45, 7) is 3.72. The average Bonchev–Trinajstić information content (AvgIpc) is 3.24. The predicted octanol–water partition coefficient (Wildman–Crippen LogP) is 3.98. The number of benzene rings is 2. The fraction of sp³-hybridized carbons (Fsp3) is 0.280. The van der Waals surface area contributed by atoms with Crippen LogP contribution >= 0.6 is 0 Å². The Hall–Kier alpha value is -3.74. The number of anilines is 2. The van der Waals surface area contributed by atoms with E-state index in [0.29, 0.717) is 5.88 Å². The number of fused-ring (bicyclic) bond motifs is 1. The van der Waals surface area contributed by atoms with Gasteiger partial charge in [-0.1, -0.05) is 6.07 Å². The Labute approximate surface area is 187 Å². The number of methoxy groups -OCH3 is 2. The third kappa shape index (κ3) is 3.70. The lowest BCUT2D eigenvalue weighted by Gasteiger charge is -2.38. The molecule has 5 rings (SSSR count). The van der Waals surface area contributed by atoms with E-state index in [1.165, 1.54) is 5.69 Å². The summed E-state index contributed by atoms with van der Waals surface area (Å²) in [5.41, 5.74) is 6.41. The number of ether oxygens (including phenoxy) is 2. The molecule has 2 aromatic carbocycles. The lowest BCUT2D eigenvalue weighted by atomic mass is 10.1. The SMILES string of the molecule is COc1ccc(N2CCN(c3ccc(OC)nc3-c3ccc4ncn(C)c4c3)CC2)cc1. The summed E-state index contributed by atoms with van der Waals surface area (Å²) < 4.78 is 12.8. The number of hydrogen-bond acceptors (Lipinski definition) is 6. The molecule has 4 aromatic rings. The van der Waals surface area contributed by atoms with E-state index in [-0.39, 0.29) is 0 Å². The minimum atomic E-state index is 0.616. The molecule has 1 aliphatic heterocycles. The molecule has 32 heavy (non-hydrogen) atoms. The van der Waals surface area contributed by atoms with Crippen LogP contribution in [0.3, 0.4) is 0 Å². The van der Waals surface area contributed by atoms with Crippen molar-refractivity contribution in [2.24, 2.45) is 7.05 Å². The number of nitrogens with zero attached hydrogens (tertiary/aromatic N) is 5. The number of piperazine rings is 1. The molecule has 7 nitrogen and oxygen atoms in total. The Morgan fingerprint density at radius 2 is 1.56 bits per heavy atom. The highest BCUT2D eigenvalue weighted by Gasteiger charge is 2.22. The first kappa shape index (κ1) is 20.2. The molecule has 2 aromatic heterocycles. The van der Waals surface area contributed by atoms with E-state index in [2.05, 4.69) is 51.2 Å². The molecule has 0 unspecified atom stereocenters. The van der Waals surface area contributed by atoms with Gasteiger partial charge in [-0.05, 0) is 42.5 Å². The van der Waals surface area contributed by atoms with Crippen LogP contribution in [0.25, 0.3) is 22.3 Å². The number of aromatic nitrogens is 3. The zero-order valence-corrected chi connectivity index (χ0v) is 18.7. The van der Waals surface area contributed by atoms with E-state index in [1.54, 1.807) is 14.2 Å². The molecule has 1 saturated heterocycles. The number of imidazole rings is 1. The van der Waals surface area contributed by atoms with Crippen LogP contribution < -0.4 is 19.3 Å². The van der Waals surface area contributed by atoms with Gasteiger partial charge in [0.2, 0.25) is 5.88 Å². The van der Waals surface area contributed by atoms with E-state index in [4.69, 9.17) is 14.5 Å². The number of rotatable bonds is 5. The van der Waals surface area contributed by atoms with Crippen molar-refractivity contribution in [2.75, 3.05) is 50.2 Å². The highest BCUT2D eigenvalue weighted by Crippen LogP contribution is 2.34. The zero-order chi connectivity index (χ0) is 22.1. The highest BCUT2D eigenvalue weighted by atomic mass is 16.5. The highest BCUT2D eigenvalue weighted by molar-refractivity contribution is 5.85. The van der Waals surface area contributed by atoms with Crippen molar-refractivity contribution in [1.82, 2.24) is 14.5 Å². The first-order valence-electron chi connectivity index (χ1n) is 10.8. The van der Waals surface area contributed by atoms with Crippen LogP contribution in [-0.2, 0) is 7.05 Å². The molecule has 0 atom stereocenters. The van der Waals surface area contributed by atoms with Gasteiger partial charge in [-0.15, -0.1) is 0 Å². The van der Waals surface area contributed by atoms with E-state index in [0.717, 1.165) is 59.9 Å². The molecule has 0 aliphatic carbocycles. The standard InChI is InChI=1S/C25H27N5O2/c1-28-17-26-21-9-4-18(16-23(21)28)25-22(10-11-24(27-25)32-3)30-14-12-29(13-15-30)19-5-7-20(31-2)8-6-19/h4-11,16-17H,12-15H2,1-3H3. The van der Waals surface area contributed by atoms with Gasteiger partial charge in [0, 0.05) is 50.5 Å². The Kier molecular flexibility index (Phi) is 5.31. The largest absolute Gasteiger partial charge is 0.497 e. The van der Waals surface area contributed by atoms with Crippen molar-refractivity contribution in [1.29, 1.82) is 0 Å². The number of aryl methyl sites for hydroxylation is 1. The van der Waals surface area contributed by atoms with Gasteiger partial charge in [-0.3, -0.25) is 0 Å². The molecule has 0 radical (unpaired) electrons. The van der Waals surface area contributed by atoms with Gasteiger partial charge in [-0.25, -0.2) is 9.97 Å². The van der Waals surface area contributed by atoms with Crippen molar-refractivity contribution < 1.29 is 9.47 Å². The van der Waals surface area contributed by atoms with E-state index in [1.807, 2.05) is 36.1 Å². The Balaban J connectivity index is 1.43. The molecule has 3 heterocycles. The molecule has 0 amide bonds. The third-order valence-corrected chi connectivity index (χ3v) is 6.11. The maximum Gasteiger partial charge on any atom is 0.213 e. The van der Waals surface area contributed by atoms with Crippen LogP contribution in [-0.4, -0.2) is 54.9 Å². The summed E-state index contributed by atoms with van der Waals surface area (Å²) in [5.74, 6) is 1.50. The van der Waals surface area contributed by atoms with Gasteiger partial charge in [0.05, 0.1) is 43.0 Å². The average molecular weight is 430 g/mol. The first-order valence-corrected chi connectivity index (χ1v) is 10.8. The van der Waals surface area contributed by atoms with E-state index < -0.39 is 0 Å². The van der Waals surface area contributed by atoms with Crippen LogP contribution in [0.5, 0.6) is 11.6 Å². The molecule has 0 spiro atoms. The Bertz CT molecular complexity index is 1230. The second-order valence-electron chi connectivity index (χ2n) is 7.95. The molecule has 0 bridgehead atoms. The molecular formula is C25H27N5O2. The quantitative estimate of drug-likeness (QED) is 0.478. The van der Waals surface area contributed by atoms with Gasteiger partial charge in [0.1, 0.15) is 5.75 Å². The lowest BCUT2D eigenvalue weighted by Crippen LogP contribution is -2.46. The minimum Gasteiger partial charge on any atom is -0.497 e. The molecular weight excluding hydrogens is 402 g/mol. The van der Waals surface area contributed by atoms with Crippen molar-refractivity contribution in [3.8, 4) is 22.9 Å². The van der Waals surface area contributed by atoms with Gasteiger partial charge in [-0.2, -0.15) is 0 Å². The third-order valence-electron chi connectivity index (χ3n) is 6.11. The second-order valence-corrected chi connectivity index (χ2v) is 7.95. The summed E-state index contributed by atoms with van der Waals surface area (Å²) in [7, 11) is 5.36. The smallest absolute Gasteiger partial charge is 0.213 e. The number of pyridine rings is 1. The predicted molar refractivity (Wildman–Crippen MR) is 128 cm³/mol. The van der Waals surface area contributed by atoms with Crippen LogP contribution in [0.2, 0.25) is 0 Å². The fourth-order valence-corrected chi connectivity index (χ4v) is 4.29. The van der Waals surface area contributed by atoms with Crippen molar-refractivity contribution >= 4 is 22.4 Å². The molecule has 1 fully saturated rings. The molecule has 164 valence electrons. The van der Waals surface area contributed by atoms with Gasteiger partial charge >= 0.3 is 0 Å². The second kappa shape index (κ2) is 8.42. The van der Waals surface area contributed by atoms with Crippen LogP contribution in [0.15, 0.2) is 60.9 Å². The van der Waals surface area contributed by atoms with Crippen LogP contribution in [0.4, 0.5) is 11.4 Å². The summed E-state index contributed by atoms with van der Waals surface area (Å²) in [6, 6.07) is 18.6. The van der Waals surface area contributed by atoms with Crippen LogP contribution in [0.1, 0.15) is 0 Å². The summed E-state index contributed by atoms with van der Waals surface area (Å²) in [6.07, 6.45) is 1.84. The minimum absolute atomic E-state index is 0.616. The van der Waals surface area contributed by atoms with E-state index >= 15 is 0 Å². The summed E-state index contributed by atoms with van der Waals surface area (Å²) in [4.78, 5) is 14.1. The van der Waals surface area contributed by atoms with E-state index in [9.17, 15) is 0 Å². The Morgan fingerprint density at radius 3 is 2.28 bits per heavy atom. The lowest BCUT2D eigenvalue weighted by molar-refractivity contribution is 0.398. The molecule has 0 N–H and O–H groups in total. The maximum atomic E-state index is 5.44. The number of hydrogen-bond donors (Lipinski definition) is 0. The van der Waals surface area contributed by atoms with Gasteiger partial charge in [0.15, 0.2) is 0 Å².